The van der Waals surface area contributed by atoms with E-state index in [1.807, 2.05) is 0 Å². The quantitative estimate of drug-likeness (QED) is 0.437. The maximum atomic E-state index is 12.4. The van der Waals surface area contributed by atoms with E-state index in [0.717, 1.165) is 0 Å². The largest absolute Gasteiger partial charge is 0.591 e. The molecule has 0 spiro atoms. The second-order valence-corrected chi connectivity index (χ2v) is 8.08. The lowest BCUT2D eigenvalue weighted by Crippen LogP contribution is -2.27. The molecular formula is C13H16BrF3N2OS. The summed E-state index contributed by atoms with van der Waals surface area (Å²) in [5.41, 5.74) is 0.396. The first-order valence-electron chi connectivity index (χ1n) is 6.18. The fourth-order valence-electron chi connectivity index (χ4n) is 1.29. The van der Waals surface area contributed by atoms with Gasteiger partial charge in [0.15, 0.2) is 0 Å². The van der Waals surface area contributed by atoms with Gasteiger partial charge in [-0.25, -0.2) is 4.98 Å². The summed E-state index contributed by atoms with van der Waals surface area (Å²) < 4.78 is 53.1. The van der Waals surface area contributed by atoms with Crippen molar-refractivity contribution < 1.29 is 17.7 Å². The van der Waals surface area contributed by atoms with Crippen LogP contribution in [0.2, 0.25) is 0 Å². The Morgan fingerprint density at radius 1 is 1.33 bits per heavy atom. The smallest absolute Gasteiger partial charge is 0.389 e. The Hall–Kier alpha value is -0.600. The standard InChI is InChI=1S/C13H16BrF3N2OS/c1-12(2,3)21(20)19-10(7-8-13(15,16)17)9-5-4-6-11(14)18-9/h4-6H,7-8H2,1-3H3/t21-/m1/s1. The van der Waals surface area contributed by atoms with Crippen LogP contribution in [0.25, 0.3) is 0 Å². The molecule has 0 bridgehead atoms. The van der Waals surface area contributed by atoms with Gasteiger partial charge in [0.25, 0.3) is 0 Å². The van der Waals surface area contributed by atoms with Crippen molar-refractivity contribution in [1.82, 2.24) is 4.98 Å². The van der Waals surface area contributed by atoms with E-state index >= 15 is 0 Å². The average Bonchev–Trinajstić information content (AvgIpc) is 2.31. The van der Waals surface area contributed by atoms with E-state index in [2.05, 4.69) is 25.3 Å². The zero-order chi connectivity index (χ0) is 16.3. The van der Waals surface area contributed by atoms with Crippen molar-refractivity contribution in [3.8, 4) is 0 Å². The summed E-state index contributed by atoms with van der Waals surface area (Å²) in [4.78, 5) is 4.09. The van der Waals surface area contributed by atoms with Crippen molar-refractivity contribution in [3.05, 3.63) is 28.5 Å². The topological polar surface area (TPSA) is 48.3 Å². The van der Waals surface area contributed by atoms with Crippen molar-refractivity contribution in [2.45, 2.75) is 44.5 Å². The summed E-state index contributed by atoms with van der Waals surface area (Å²) in [5, 5.41) is 0. The zero-order valence-electron chi connectivity index (χ0n) is 11.9. The van der Waals surface area contributed by atoms with Crippen molar-refractivity contribution in [2.75, 3.05) is 0 Å². The maximum absolute atomic E-state index is 12.4. The van der Waals surface area contributed by atoms with Crippen molar-refractivity contribution >= 4 is 33.0 Å². The molecule has 0 aromatic carbocycles. The lowest BCUT2D eigenvalue weighted by molar-refractivity contribution is -0.132. The van der Waals surface area contributed by atoms with E-state index in [9.17, 15) is 17.7 Å². The molecule has 1 heterocycles. The number of pyridine rings is 1. The van der Waals surface area contributed by atoms with Crippen LogP contribution in [-0.2, 0) is 11.4 Å². The minimum atomic E-state index is -4.30. The molecule has 0 aliphatic heterocycles. The van der Waals surface area contributed by atoms with Gasteiger partial charge in [0.05, 0.1) is 5.69 Å². The van der Waals surface area contributed by atoms with E-state index in [0.29, 0.717) is 10.3 Å². The van der Waals surface area contributed by atoms with Gasteiger partial charge in [-0.05, 0) is 48.8 Å². The molecular weight excluding hydrogens is 369 g/mol. The van der Waals surface area contributed by atoms with Crippen LogP contribution in [0.1, 0.15) is 39.3 Å². The number of alkyl halides is 3. The van der Waals surface area contributed by atoms with Gasteiger partial charge in [0, 0.05) is 12.8 Å². The molecule has 1 rings (SSSR count). The highest BCUT2D eigenvalue weighted by Gasteiger charge is 2.31. The molecule has 0 fully saturated rings. The van der Waals surface area contributed by atoms with Gasteiger partial charge in [0.1, 0.15) is 26.4 Å². The van der Waals surface area contributed by atoms with Gasteiger partial charge in [-0.15, -0.1) is 0 Å². The predicted octanol–water partition coefficient (Wildman–Crippen LogP) is 4.44. The Morgan fingerprint density at radius 3 is 2.43 bits per heavy atom. The Bertz CT molecular complexity index is 515. The van der Waals surface area contributed by atoms with Crippen molar-refractivity contribution in [1.29, 1.82) is 0 Å². The first kappa shape index (κ1) is 18.4. The molecule has 21 heavy (non-hydrogen) atoms. The number of nitrogens with zero attached hydrogens (tertiary/aromatic N) is 2. The van der Waals surface area contributed by atoms with Crippen LogP contribution in [0.5, 0.6) is 0 Å². The van der Waals surface area contributed by atoms with E-state index in [-0.39, 0.29) is 12.1 Å². The van der Waals surface area contributed by atoms with Crippen LogP contribution < -0.4 is 0 Å². The third kappa shape index (κ3) is 6.80. The van der Waals surface area contributed by atoms with Crippen LogP contribution in [-0.4, -0.2) is 26.2 Å². The molecule has 0 saturated carbocycles. The summed E-state index contributed by atoms with van der Waals surface area (Å²) in [6, 6.07) is 4.86. The molecule has 0 saturated heterocycles. The highest BCUT2D eigenvalue weighted by molar-refractivity contribution is 9.10. The van der Waals surface area contributed by atoms with E-state index < -0.39 is 28.7 Å². The Balaban J connectivity index is 3.08. The number of aromatic nitrogens is 1. The maximum Gasteiger partial charge on any atom is 0.389 e. The molecule has 3 nitrogen and oxygen atoms in total. The van der Waals surface area contributed by atoms with Crippen molar-refractivity contribution in [2.24, 2.45) is 4.40 Å². The summed E-state index contributed by atoms with van der Waals surface area (Å²) >= 11 is 1.53. The minimum Gasteiger partial charge on any atom is -0.591 e. The lowest BCUT2D eigenvalue weighted by Gasteiger charge is -2.19. The molecule has 0 radical (unpaired) electrons. The number of rotatable bonds is 4. The number of halogens is 4. The van der Waals surface area contributed by atoms with E-state index in [4.69, 9.17) is 0 Å². The van der Waals surface area contributed by atoms with Crippen LogP contribution in [0.4, 0.5) is 13.2 Å². The van der Waals surface area contributed by atoms with Gasteiger partial charge < -0.3 is 4.55 Å². The van der Waals surface area contributed by atoms with Gasteiger partial charge in [0.2, 0.25) is 0 Å². The van der Waals surface area contributed by atoms with E-state index in [1.165, 1.54) is 0 Å². The Kier molecular flexibility index (Phi) is 6.24. The van der Waals surface area contributed by atoms with Gasteiger partial charge >= 0.3 is 6.18 Å². The summed E-state index contributed by atoms with van der Waals surface area (Å²) in [6.07, 6.45) is -5.67. The van der Waals surface area contributed by atoms with Crippen LogP contribution >= 0.6 is 15.9 Å². The molecule has 118 valence electrons. The Labute approximate surface area is 133 Å². The molecule has 8 heteroatoms. The molecule has 1 aromatic heterocycles. The number of hydrogen-bond acceptors (Lipinski definition) is 3. The van der Waals surface area contributed by atoms with Crippen LogP contribution in [0.3, 0.4) is 0 Å². The van der Waals surface area contributed by atoms with Gasteiger partial charge in [-0.2, -0.15) is 13.2 Å². The molecule has 0 aliphatic rings. The fourth-order valence-corrected chi connectivity index (χ4v) is 2.29. The molecule has 0 aliphatic carbocycles. The Morgan fingerprint density at radius 2 is 1.95 bits per heavy atom. The third-order valence-corrected chi connectivity index (χ3v) is 4.25. The first-order valence-corrected chi connectivity index (χ1v) is 8.08. The van der Waals surface area contributed by atoms with Crippen LogP contribution in [0, 0.1) is 0 Å². The first-order chi connectivity index (χ1) is 9.49. The molecule has 1 aromatic rings. The number of hydrogen-bond donors (Lipinski definition) is 0. The zero-order valence-corrected chi connectivity index (χ0v) is 14.3. The highest BCUT2D eigenvalue weighted by atomic mass is 79.9. The van der Waals surface area contributed by atoms with Crippen LogP contribution in [0.15, 0.2) is 27.2 Å². The minimum absolute atomic E-state index is 0.0990. The monoisotopic (exact) mass is 384 g/mol. The second-order valence-electron chi connectivity index (χ2n) is 5.36. The SMILES string of the molecule is CC(C)(C)[S@@+]([O-])N=C(CCC(F)(F)F)c1cccc(Br)n1. The summed E-state index contributed by atoms with van der Waals surface area (Å²) in [7, 11) is 0. The third-order valence-electron chi connectivity index (χ3n) is 2.37. The fraction of sp³-hybridized carbons (Fsp3) is 0.538. The van der Waals surface area contributed by atoms with Gasteiger partial charge in [-0.3, -0.25) is 0 Å². The summed E-state index contributed by atoms with van der Waals surface area (Å²) in [5.74, 6) is 0. The van der Waals surface area contributed by atoms with Crippen molar-refractivity contribution in [3.63, 3.8) is 0 Å². The van der Waals surface area contributed by atoms with E-state index in [1.54, 1.807) is 39.0 Å². The lowest BCUT2D eigenvalue weighted by atomic mass is 10.1. The molecule has 0 amide bonds. The molecule has 1 atom stereocenters. The van der Waals surface area contributed by atoms with Gasteiger partial charge in [-0.1, -0.05) is 10.5 Å². The highest BCUT2D eigenvalue weighted by Crippen LogP contribution is 2.25. The predicted molar refractivity (Wildman–Crippen MR) is 81.7 cm³/mol. The second kappa shape index (κ2) is 7.11. The normalized spacial score (nSPS) is 15.1. The molecule has 0 unspecified atom stereocenters. The summed E-state index contributed by atoms with van der Waals surface area (Å²) in [6.45, 7) is 5.13. The average molecular weight is 385 g/mol. The molecule has 0 N–H and O–H groups in total.